The normalized spacial score (nSPS) is 23.6. The lowest BCUT2D eigenvalue weighted by Crippen LogP contribution is -2.38. The summed E-state index contributed by atoms with van der Waals surface area (Å²) < 4.78 is 5.92. The fourth-order valence-electron chi connectivity index (χ4n) is 3.37. The molecule has 25 heavy (non-hydrogen) atoms. The number of rotatable bonds is 8. The molecule has 1 aliphatic carbocycles. The molecule has 1 heterocycles. The molecule has 1 saturated carbocycles. The Balaban J connectivity index is 1.71. The predicted octanol–water partition coefficient (Wildman–Crippen LogP) is 2.98. The van der Waals surface area contributed by atoms with E-state index in [0.717, 1.165) is 6.42 Å². The molecule has 6 nitrogen and oxygen atoms in total. The molecule has 0 bridgehead atoms. The van der Waals surface area contributed by atoms with Gasteiger partial charge in [0.1, 0.15) is 6.61 Å². The number of nitrogens with one attached hydrogen (secondary N) is 1. The van der Waals surface area contributed by atoms with Gasteiger partial charge in [0.05, 0.1) is 11.1 Å². The number of nitrogens with zero attached hydrogens (tertiary/aromatic N) is 1. The van der Waals surface area contributed by atoms with E-state index in [0.29, 0.717) is 35.7 Å². The molecule has 2 rings (SSSR count). The monoisotopic (exact) mass is 368 g/mol. The molecule has 0 aromatic carbocycles. The minimum Gasteiger partial charge on any atom is -0.476 e. The fraction of sp³-hybridized carbons (Fsp3) is 0.722. The summed E-state index contributed by atoms with van der Waals surface area (Å²) in [5.74, 6) is 0.580. The molecule has 1 aromatic heterocycles. The lowest BCUT2D eigenvalue weighted by Gasteiger charge is -2.37. The Kier molecular flexibility index (Phi) is 7.38. The van der Waals surface area contributed by atoms with Gasteiger partial charge >= 0.3 is 5.97 Å². The molecule has 0 aliphatic heterocycles. The molecule has 140 valence electrons. The average molecular weight is 368 g/mol. The van der Waals surface area contributed by atoms with Crippen LogP contribution in [0.3, 0.4) is 0 Å². The van der Waals surface area contributed by atoms with Crippen molar-refractivity contribution in [2.45, 2.75) is 52.6 Å². The molecule has 2 N–H and O–H groups in total. The Morgan fingerprint density at radius 1 is 1.44 bits per heavy atom. The second-order valence-corrected chi connectivity index (χ2v) is 8.15. The smallest absolute Gasteiger partial charge is 0.355 e. The van der Waals surface area contributed by atoms with Gasteiger partial charge in [0.2, 0.25) is 5.91 Å². The van der Waals surface area contributed by atoms with Gasteiger partial charge in [-0.25, -0.2) is 9.78 Å². The van der Waals surface area contributed by atoms with Crippen LogP contribution in [0.1, 0.15) is 55.5 Å². The Bertz CT molecular complexity index is 587. The van der Waals surface area contributed by atoms with Crippen LogP contribution in [-0.4, -0.2) is 41.2 Å². The third kappa shape index (κ3) is 6.08. The standard InChI is InChI=1S/C18H28N2O4S/c1-11(2)13-5-4-12(3)8-15(13)24-9-16(21)19-7-6-17-20-14(10-25-17)18(22)23/h10-13,15H,4-9H2,1-3H3,(H,19,21)(H,22,23). The molecule has 1 aliphatic rings. The number of carboxylic acids is 1. The topological polar surface area (TPSA) is 88.5 Å². The number of aromatic nitrogens is 1. The molecule has 1 amide bonds. The van der Waals surface area contributed by atoms with Gasteiger partial charge in [0.25, 0.3) is 0 Å². The first-order valence-electron chi connectivity index (χ1n) is 8.92. The van der Waals surface area contributed by atoms with Crippen molar-refractivity contribution in [1.29, 1.82) is 0 Å². The first-order chi connectivity index (χ1) is 11.9. The van der Waals surface area contributed by atoms with Crippen molar-refractivity contribution < 1.29 is 19.4 Å². The summed E-state index contributed by atoms with van der Waals surface area (Å²) in [6.45, 7) is 7.20. The van der Waals surface area contributed by atoms with Gasteiger partial charge in [-0.1, -0.05) is 27.2 Å². The Labute approximate surface area is 153 Å². The minimum absolute atomic E-state index is 0.0563. The number of hydrogen-bond donors (Lipinski definition) is 2. The van der Waals surface area contributed by atoms with Crippen LogP contribution >= 0.6 is 11.3 Å². The highest BCUT2D eigenvalue weighted by atomic mass is 32.1. The molecule has 3 atom stereocenters. The molecule has 0 saturated heterocycles. The number of thiazole rings is 1. The van der Waals surface area contributed by atoms with Crippen LogP contribution < -0.4 is 5.32 Å². The van der Waals surface area contributed by atoms with Gasteiger partial charge in [0, 0.05) is 18.3 Å². The van der Waals surface area contributed by atoms with E-state index in [1.165, 1.54) is 29.6 Å². The van der Waals surface area contributed by atoms with Crippen LogP contribution in [0, 0.1) is 17.8 Å². The van der Waals surface area contributed by atoms with Gasteiger partial charge in [-0.2, -0.15) is 0 Å². The minimum atomic E-state index is -1.03. The number of carbonyl (C=O) groups is 2. The van der Waals surface area contributed by atoms with Crippen molar-refractivity contribution in [3.63, 3.8) is 0 Å². The Morgan fingerprint density at radius 3 is 2.84 bits per heavy atom. The molecule has 0 radical (unpaired) electrons. The van der Waals surface area contributed by atoms with Crippen LogP contribution in [0.25, 0.3) is 0 Å². The van der Waals surface area contributed by atoms with Crippen molar-refractivity contribution in [3.8, 4) is 0 Å². The number of aromatic carboxylic acids is 1. The summed E-state index contributed by atoms with van der Waals surface area (Å²) in [5.41, 5.74) is 0.0563. The maximum atomic E-state index is 12.0. The van der Waals surface area contributed by atoms with Gasteiger partial charge in [-0.3, -0.25) is 4.79 Å². The zero-order valence-electron chi connectivity index (χ0n) is 15.2. The van der Waals surface area contributed by atoms with Gasteiger partial charge in [-0.05, 0) is 30.6 Å². The van der Waals surface area contributed by atoms with Crippen molar-refractivity contribution >= 4 is 23.2 Å². The molecule has 1 aromatic rings. The van der Waals surface area contributed by atoms with Crippen molar-refractivity contribution in [1.82, 2.24) is 10.3 Å². The van der Waals surface area contributed by atoms with Gasteiger partial charge in [-0.15, -0.1) is 11.3 Å². The van der Waals surface area contributed by atoms with Crippen molar-refractivity contribution in [2.24, 2.45) is 17.8 Å². The van der Waals surface area contributed by atoms with E-state index in [2.05, 4.69) is 31.1 Å². The SMILES string of the molecule is CC1CCC(C(C)C)C(OCC(=O)NCCc2nc(C(=O)O)cs2)C1. The third-order valence-electron chi connectivity index (χ3n) is 4.82. The third-order valence-corrected chi connectivity index (χ3v) is 5.73. The summed E-state index contributed by atoms with van der Waals surface area (Å²) in [6.07, 6.45) is 4.11. The van der Waals surface area contributed by atoms with E-state index in [1.807, 2.05) is 0 Å². The van der Waals surface area contributed by atoms with Crippen LogP contribution in [0.15, 0.2) is 5.38 Å². The van der Waals surface area contributed by atoms with Crippen LogP contribution in [-0.2, 0) is 16.0 Å². The first-order valence-corrected chi connectivity index (χ1v) is 9.80. The van der Waals surface area contributed by atoms with E-state index in [-0.39, 0.29) is 24.3 Å². The molecule has 0 spiro atoms. The number of carbonyl (C=O) groups excluding carboxylic acids is 1. The zero-order valence-corrected chi connectivity index (χ0v) is 16.0. The summed E-state index contributed by atoms with van der Waals surface area (Å²) >= 11 is 1.29. The summed E-state index contributed by atoms with van der Waals surface area (Å²) in [5, 5.41) is 13.9. The van der Waals surface area contributed by atoms with Gasteiger partial charge < -0.3 is 15.2 Å². The maximum Gasteiger partial charge on any atom is 0.355 e. The van der Waals surface area contributed by atoms with Crippen LogP contribution in [0.5, 0.6) is 0 Å². The van der Waals surface area contributed by atoms with Crippen molar-refractivity contribution in [2.75, 3.05) is 13.2 Å². The largest absolute Gasteiger partial charge is 0.476 e. The number of hydrogen-bond acceptors (Lipinski definition) is 5. The predicted molar refractivity (Wildman–Crippen MR) is 96.9 cm³/mol. The highest BCUT2D eigenvalue weighted by molar-refractivity contribution is 7.09. The van der Waals surface area contributed by atoms with Gasteiger partial charge in [0.15, 0.2) is 5.69 Å². The summed E-state index contributed by atoms with van der Waals surface area (Å²) in [7, 11) is 0. The lowest BCUT2D eigenvalue weighted by atomic mass is 9.75. The molecule has 1 fully saturated rings. The van der Waals surface area contributed by atoms with E-state index in [4.69, 9.17) is 9.84 Å². The lowest BCUT2D eigenvalue weighted by molar-refractivity contribution is -0.131. The number of carboxylic acid groups (broad SMARTS) is 1. The molecule has 3 unspecified atom stereocenters. The molecular formula is C18H28N2O4S. The fourth-order valence-corrected chi connectivity index (χ4v) is 4.15. The van der Waals surface area contributed by atoms with E-state index < -0.39 is 5.97 Å². The summed E-state index contributed by atoms with van der Waals surface area (Å²) in [4.78, 5) is 26.8. The second-order valence-electron chi connectivity index (χ2n) is 7.21. The highest BCUT2D eigenvalue weighted by Gasteiger charge is 2.31. The first kappa shape index (κ1) is 19.8. The summed E-state index contributed by atoms with van der Waals surface area (Å²) in [6, 6.07) is 0. The van der Waals surface area contributed by atoms with E-state index in [9.17, 15) is 9.59 Å². The van der Waals surface area contributed by atoms with Crippen LogP contribution in [0.4, 0.5) is 0 Å². The Hall–Kier alpha value is -1.47. The number of amides is 1. The molecule has 7 heteroatoms. The maximum absolute atomic E-state index is 12.0. The van der Waals surface area contributed by atoms with Crippen LogP contribution in [0.2, 0.25) is 0 Å². The second kappa shape index (κ2) is 9.29. The number of ether oxygens (including phenoxy) is 1. The zero-order chi connectivity index (χ0) is 18.4. The van der Waals surface area contributed by atoms with E-state index >= 15 is 0 Å². The highest BCUT2D eigenvalue weighted by Crippen LogP contribution is 2.35. The van der Waals surface area contributed by atoms with Crippen molar-refractivity contribution in [3.05, 3.63) is 16.1 Å². The van der Waals surface area contributed by atoms with E-state index in [1.54, 1.807) is 0 Å². The quantitative estimate of drug-likeness (QED) is 0.736. The Morgan fingerprint density at radius 2 is 2.20 bits per heavy atom. The molecular weight excluding hydrogens is 340 g/mol. The average Bonchev–Trinajstić information content (AvgIpc) is 3.02.